The van der Waals surface area contributed by atoms with Gasteiger partial charge in [-0.2, -0.15) is 0 Å². The third-order valence-corrected chi connectivity index (χ3v) is 5.91. The van der Waals surface area contributed by atoms with Gasteiger partial charge >= 0.3 is 5.97 Å². The van der Waals surface area contributed by atoms with Gasteiger partial charge in [-0.1, -0.05) is 40.5 Å². The van der Waals surface area contributed by atoms with E-state index in [-0.39, 0.29) is 11.6 Å². The molecule has 3 aromatic rings. The second kappa shape index (κ2) is 8.48. The van der Waals surface area contributed by atoms with E-state index >= 15 is 0 Å². The van der Waals surface area contributed by atoms with Crippen LogP contribution in [0.15, 0.2) is 47.6 Å². The van der Waals surface area contributed by atoms with Crippen LogP contribution in [0.3, 0.4) is 0 Å². The third-order valence-electron chi connectivity index (χ3n) is 5.42. The molecule has 0 unspecified atom stereocenters. The molecule has 2 aromatic carbocycles. The van der Waals surface area contributed by atoms with E-state index in [1.807, 2.05) is 18.2 Å². The predicted molar refractivity (Wildman–Crippen MR) is 123 cm³/mol. The van der Waals surface area contributed by atoms with E-state index < -0.39 is 11.6 Å². The first-order valence-electron chi connectivity index (χ1n) is 9.99. The summed E-state index contributed by atoms with van der Waals surface area (Å²) in [7, 11) is 0. The third kappa shape index (κ3) is 4.31. The average molecular weight is 474 g/mol. The van der Waals surface area contributed by atoms with Gasteiger partial charge in [0.05, 0.1) is 6.54 Å². The van der Waals surface area contributed by atoms with Gasteiger partial charge < -0.3 is 19.8 Å². The first kappa shape index (κ1) is 22.2. The van der Waals surface area contributed by atoms with Gasteiger partial charge in [0.25, 0.3) is 5.91 Å². The van der Waals surface area contributed by atoms with E-state index in [0.717, 1.165) is 22.2 Å². The molecule has 0 fully saturated rings. The Bertz CT molecular complexity index is 1230. The van der Waals surface area contributed by atoms with Gasteiger partial charge in [-0.25, -0.2) is 4.79 Å². The molecule has 0 radical (unpaired) electrons. The van der Waals surface area contributed by atoms with E-state index in [2.05, 4.69) is 10.1 Å². The first-order chi connectivity index (χ1) is 15.2. The number of oxime groups is 1. The second-order valence-electron chi connectivity index (χ2n) is 8.10. The summed E-state index contributed by atoms with van der Waals surface area (Å²) in [5.41, 5.74) is 1.94. The number of hydrogen-bond acceptors (Lipinski definition) is 4. The van der Waals surface area contributed by atoms with Gasteiger partial charge in [-0.3, -0.25) is 4.79 Å². The Morgan fingerprint density at radius 1 is 1.12 bits per heavy atom. The molecule has 4 rings (SSSR count). The van der Waals surface area contributed by atoms with Crippen LogP contribution < -0.4 is 0 Å². The van der Waals surface area contributed by atoms with Crippen molar-refractivity contribution in [1.82, 2.24) is 9.88 Å². The van der Waals surface area contributed by atoms with Crippen molar-refractivity contribution in [2.24, 2.45) is 5.16 Å². The summed E-state index contributed by atoms with van der Waals surface area (Å²) in [6.45, 7) is 3.56. The number of aliphatic carboxylic acids is 1. The molecule has 1 aliphatic heterocycles. The number of halogens is 2. The minimum Gasteiger partial charge on any atom is -0.478 e. The molecule has 0 spiro atoms. The van der Waals surface area contributed by atoms with E-state index in [1.165, 1.54) is 13.8 Å². The molecule has 0 saturated heterocycles. The summed E-state index contributed by atoms with van der Waals surface area (Å²) in [4.78, 5) is 35.2. The molecule has 9 heteroatoms. The van der Waals surface area contributed by atoms with Crippen LogP contribution in [0.4, 0.5) is 0 Å². The quantitative estimate of drug-likeness (QED) is 0.416. The zero-order valence-corrected chi connectivity index (χ0v) is 19.0. The highest BCUT2D eigenvalue weighted by atomic mass is 35.5. The minimum atomic E-state index is -1.59. The fourth-order valence-electron chi connectivity index (χ4n) is 3.56. The highest BCUT2D eigenvalue weighted by Crippen LogP contribution is 2.30. The van der Waals surface area contributed by atoms with Crippen LogP contribution in [-0.4, -0.2) is 44.7 Å². The number of rotatable bonds is 5. The van der Waals surface area contributed by atoms with E-state index in [0.29, 0.717) is 35.1 Å². The highest BCUT2D eigenvalue weighted by molar-refractivity contribution is 6.45. The number of carboxylic acid groups (broad SMARTS) is 1. The summed E-state index contributed by atoms with van der Waals surface area (Å²) in [5, 5.41) is 15.5. The standard InChI is InChI=1S/C23H21Cl2N3O4/c1-23(2,22(30)31)32-27-20(13-3-5-14(24)6-4-13)21(29)28-10-9-16-17-11-15(25)7-8-18(17)26-19(16)12-28/h3-8,11,26H,9-10,12H2,1-2H3,(H,30,31)/b27-20+. The molecule has 1 aliphatic rings. The minimum absolute atomic E-state index is 0.0126. The van der Waals surface area contributed by atoms with Crippen LogP contribution in [0.2, 0.25) is 10.0 Å². The molecule has 166 valence electrons. The first-order valence-corrected chi connectivity index (χ1v) is 10.7. The molecule has 1 amide bonds. The Balaban J connectivity index is 1.66. The van der Waals surface area contributed by atoms with E-state index in [1.54, 1.807) is 29.2 Å². The Morgan fingerprint density at radius 2 is 1.81 bits per heavy atom. The number of carbonyl (C=O) groups excluding carboxylic acids is 1. The second-order valence-corrected chi connectivity index (χ2v) is 8.98. The summed E-state index contributed by atoms with van der Waals surface area (Å²) < 4.78 is 0. The zero-order valence-electron chi connectivity index (χ0n) is 17.5. The van der Waals surface area contributed by atoms with Crippen LogP contribution in [0.1, 0.15) is 30.7 Å². The molecule has 7 nitrogen and oxygen atoms in total. The molecule has 0 atom stereocenters. The van der Waals surface area contributed by atoms with Gasteiger partial charge in [0.1, 0.15) is 0 Å². The Labute approximate surface area is 194 Å². The van der Waals surface area contributed by atoms with Gasteiger partial charge in [0.15, 0.2) is 5.71 Å². The molecular weight excluding hydrogens is 453 g/mol. The smallest absolute Gasteiger partial charge is 0.350 e. The van der Waals surface area contributed by atoms with Crippen molar-refractivity contribution in [3.8, 4) is 0 Å². The monoisotopic (exact) mass is 473 g/mol. The number of hydrogen-bond donors (Lipinski definition) is 2. The van der Waals surface area contributed by atoms with Crippen molar-refractivity contribution in [3.05, 3.63) is 69.3 Å². The number of amides is 1. The normalized spacial score (nSPS) is 14.4. The van der Waals surface area contributed by atoms with Crippen molar-refractivity contribution in [1.29, 1.82) is 0 Å². The number of aromatic amines is 1. The Hall–Kier alpha value is -3.03. The molecule has 0 saturated carbocycles. The number of benzene rings is 2. The molecule has 2 N–H and O–H groups in total. The number of fused-ring (bicyclic) bond motifs is 3. The topological polar surface area (TPSA) is 95.0 Å². The van der Waals surface area contributed by atoms with Crippen molar-refractivity contribution >= 4 is 51.7 Å². The Morgan fingerprint density at radius 3 is 2.50 bits per heavy atom. The zero-order chi connectivity index (χ0) is 23.0. The highest BCUT2D eigenvalue weighted by Gasteiger charge is 2.32. The van der Waals surface area contributed by atoms with Gasteiger partial charge in [-0.05, 0) is 56.2 Å². The maximum atomic E-state index is 13.4. The largest absolute Gasteiger partial charge is 0.478 e. The van der Waals surface area contributed by atoms with Gasteiger partial charge in [0.2, 0.25) is 5.60 Å². The van der Waals surface area contributed by atoms with E-state index in [9.17, 15) is 14.7 Å². The number of carboxylic acids is 1. The van der Waals surface area contributed by atoms with Gasteiger partial charge in [0, 0.05) is 38.8 Å². The number of nitrogens with zero attached hydrogens (tertiary/aromatic N) is 2. The van der Waals surface area contributed by atoms with Crippen molar-refractivity contribution < 1.29 is 19.5 Å². The summed E-state index contributed by atoms with van der Waals surface area (Å²) in [5.74, 6) is -1.56. The lowest BCUT2D eigenvalue weighted by atomic mass is 10.0. The van der Waals surface area contributed by atoms with Gasteiger partial charge in [-0.15, -0.1) is 0 Å². The number of nitrogens with one attached hydrogen (secondary N) is 1. The maximum Gasteiger partial charge on any atom is 0.350 e. The molecule has 2 heterocycles. The van der Waals surface area contributed by atoms with Crippen LogP contribution in [0, 0.1) is 0 Å². The van der Waals surface area contributed by atoms with Crippen LogP contribution in [-0.2, 0) is 27.4 Å². The molecule has 32 heavy (non-hydrogen) atoms. The fraction of sp³-hybridized carbons (Fsp3) is 0.261. The SMILES string of the molecule is CC(C)(O/N=C(/C(=O)N1CCc2c([nH]c3ccc(Cl)cc23)C1)c1ccc(Cl)cc1)C(=O)O. The lowest BCUT2D eigenvalue weighted by Gasteiger charge is -2.28. The summed E-state index contributed by atoms with van der Waals surface area (Å²) in [6.07, 6.45) is 0.650. The van der Waals surface area contributed by atoms with Crippen molar-refractivity contribution in [2.45, 2.75) is 32.4 Å². The Kier molecular flexibility index (Phi) is 5.88. The van der Waals surface area contributed by atoms with Crippen LogP contribution in [0.25, 0.3) is 10.9 Å². The lowest BCUT2D eigenvalue weighted by molar-refractivity contribution is -0.161. The molecule has 0 bridgehead atoms. The molecule has 0 aliphatic carbocycles. The number of H-pyrrole nitrogens is 1. The summed E-state index contributed by atoms with van der Waals surface area (Å²) in [6, 6.07) is 12.2. The lowest BCUT2D eigenvalue weighted by Crippen LogP contribution is -2.41. The maximum absolute atomic E-state index is 13.4. The summed E-state index contributed by atoms with van der Waals surface area (Å²) >= 11 is 12.1. The molecular formula is C23H21Cl2N3O4. The number of aromatic nitrogens is 1. The predicted octanol–water partition coefficient (Wildman–Crippen LogP) is 4.64. The average Bonchev–Trinajstić information content (AvgIpc) is 3.11. The molecule has 1 aromatic heterocycles. The van der Waals surface area contributed by atoms with Crippen molar-refractivity contribution in [2.75, 3.05) is 6.54 Å². The number of carbonyl (C=O) groups is 2. The fourth-order valence-corrected chi connectivity index (χ4v) is 3.86. The van der Waals surface area contributed by atoms with Crippen molar-refractivity contribution in [3.63, 3.8) is 0 Å². The van der Waals surface area contributed by atoms with Crippen LogP contribution >= 0.6 is 23.2 Å². The van der Waals surface area contributed by atoms with E-state index in [4.69, 9.17) is 28.0 Å². The van der Waals surface area contributed by atoms with Crippen LogP contribution in [0.5, 0.6) is 0 Å².